The first-order valence-corrected chi connectivity index (χ1v) is 12.6. The quantitative estimate of drug-likeness (QED) is 0.343. The average molecular weight is 506 g/mol. The number of amides is 2. The number of aliphatic hydroxyl groups is 1. The van der Waals surface area contributed by atoms with Gasteiger partial charge in [0.25, 0.3) is 0 Å². The highest BCUT2D eigenvalue weighted by Gasteiger charge is 2.38. The number of pyridine rings is 1. The van der Waals surface area contributed by atoms with Crippen LogP contribution in [0.5, 0.6) is 0 Å². The van der Waals surface area contributed by atoms with Gasteiger partial charge in [-0.25, -0.2) is 4.98 Å². The topological polar surface area (TPSA) is 182 Å². The van der Waals surface area contributed by atoms with E-state index in [4.69, 9.17) is 21.6 Å². The van der Waals surface area contributed by atoms with Crippen molar-refractivity contribution in [3.8, 4) is 12.1 Å². The molecule has 1 aliphatic carbocycles. The highest BCUT2D eigenvalue weighted by Crippen LogP contribution is 2.48. The van der Waals surface area contributed by atoms with Crippen LogP contribution in [0.25, 0.3) is 0 Å². The molecule has 2 atom stereocenters. The second-order valence-corrected chi connectivity index (χ2v) is 10.0. The molecule has 2 aliphatic rings. The normalized spacial score (nSPS) is 16.8. The van der Waals surface area contributed by atoms with Gasteiger partial charge in [0.15, 0.2) is 0 Å². The fourth-order valence-corrected chi connectivity index (χ4v) is 5.28. The van der Waals surface area contributed by atoms with E-state index in [1.807, 2.05) is 23.1 Å². The van der Waals surface area contributed by atoms with Crippen molar-refractivity contribution in [3.05, 3.63) is 52.6 Å². The molecule has 1 aromatic heterocycles. The van der Waals surface area contributed by atoms with Crippen LogP contribution < -0.4 is 21.7 Å². The SMILES string of the molecule is N#Cc1c(SC(C(N)=O)c2ccccc2)nc(N2CC(NC(=O)[C@H](N)CCO)C2)c(C#N)c1C1CC1. The molecule has 1 saturated heterocycles. The summed E-state index contributed by atoms with van der Waals surface area (Å²) in [5, 5.41) is 31.5. The number of benzene rings is 1. The van der Waals surface area contributed by atoms with Gasteiger partial charge in [0.05, 0.1) is 23.2 Å². The number of thioether (sulfide) groups is 1. The first-order chi connectivity index (χ1) is 17.4. The molecule has 1 saturated carbocycles. The van der Waals surface area contributed by atoms with E-state index in [0.717, 1.165) is 24.6 Å². The van der Waals surface area contributed by atoms with E-state index in [9.17, 15) is 20.1 Å². The molecule has 1 unspecified atom stereocenters. The van der Waals surface area contributed by atoms with Crippen LogP contribution in [0.15, 0.2) is 35.4 Å². The first kappa shape index (κ1) is 25.5. The number of carbonyl (C=O) groups is 2. The van der Waals surface area contributed by atoms with Gasteiger partial charge in [-0.2, -0.15) is 10.5 Å². The minimum Gasteiger partial charge on any atom is -0.396 e. The molecule has 186 valence electrons. The lowest BCUT2D eigenvalue weighted by Gasteiger charge is -2.41. The van der Waals surface area contributed by atoms with E-state index in [2.05, 4.69) is 17.5 Å². The van der Waals surface area contributed by atoms with Crippen LogP contribution in [-0.4, -0.2) is 53.7 Å². The second kappa shape index (κ2) is 11.0. The number of nitrogens with two attached hydrogens (primary N) is 2. The largest absolute Gasteiger partial charge is 0.396 e. The van der Waals surface area contributed by atoms with Crippen molar-refractivity contribution in [2.75, 3.05) is 24.6 Å². The zero-order valence-corrected chi connectivity index (χ0v) is 20.4. The third-order valence-electron chi connectivity index (χ3n) is 6.29. The lowest BCUT2D eigenvalue weighted by Crippen LogP contribution is -2.62. The summed E-state index contributed by atoms with van der Waals surface area (Å²) in [5.41, 5.74) is 13.5. The molecule has 1 aliphatic heterocycles. The standard InChI is InChI=1S/C25H27N7O3S/c26-10-17-20(14-6-7-14)18(11-27)25(36-21(22(29)34)15-4-2-1-3-5-15)31-23(17)32-12-16(13-32)30-24(35)19(28)8-9-33/h1-5,14,16,19,21,33H,6-9,12-13,28H2,(H2,29,34)(H,30,35)/t19-,21?/m1/s1. The average Bonchev–Trinajstić information content (AvgIpc) is 3.69. The molecule has 2 aromatic rings. The van der Waals surface area contributed by atoms with Crippen molar-refractivity contribution < 1.29 is 14.7 Å². The number of nitrogens with zero attached hydrogens (tertiary/aromatic N) is 4. The van der Waals surface area contributed by atoms with E-state index >= 15 is 0 Å². The molecule has 0 spiro atoms. The van der Waals surface area contributed by atoms with E-state index in [-0.39, 0.29) is 30.9 Å². The lowest BCUT2D eigenvalue weighted by atomic mass is 9.98. The number of rotatable bonds is 10. The minimum absolute atomic E-state index is 0.0902. The van der Waals surface area contributed by atoms with Gasteiger partial charge >= 0.3 is 0 Å². The van der Waals surface area contributed by atoms with Crippen molar-refractivity contribution in [2.45, 2.75) is 47.5 Å². The molecule has 0 radical (unpaired) electrons. The molecular weight excluding hydrogens is 478 g/mol. The Labute approximate surface area is 213 Å². The number of anilines is 1. The van der Waals surface area contributed by atoms with Gasteiger partial charge in [-0.1, -0.05) is 42.1 Å². The van der Waals surface area contributed by atoms with E-state index < -0.39 is 17.2 Å². The molecule has 2 amide bonds. The summed E-state index contributed by atoms with van der Waals surface area (Å²) in [6, 6.07) is 12.5. The number of nitrogens with one attached hydrogen (secondary N) is 1. The van der Waals surface area contributed by atoms with Crippen molar-refractivity contribution >= 4 is 29.4 Å². The van der Waals surface area contributed by atoms with Gasteiger partial charge in [0.2, 0.25) is 11.8 Å². The highest BCUT2D eigenvalue weighted by molar-refractivity contribution is 8.00. The van der Waals surface area contributed by atoms with E-state index in [1.54, 1.807) is 12.1 Å². The summed E-state index contributed by atoms with van der Waals surface area (Å²) in [7, 11) is 0. The first-order valence-electron chi connectivity index (χ1n) is 11.7. The second-order valence-electron chi connectivity index (χ2n) is 8.94. The third kappa shape index (κ3) is 5.29. The Balaban J connectivity index is 1.65. The van der Waals surface area contributed by atoms with Crippen molar-refractivity contribution in [3.63, 3.8) is 0 Å². The van der Waals surface area contributed by atoms with Gasteiger partial charge < -0.3 is 26.8 Å². The Morgan fingerprint density at radius 2 is 1.86 bits per heavy atom. The van der Waals surface area contributed by atoms with Gasteiger partial charge in [0, 0.05) is 19.7 Å². The molecular formula is C25H27N7O3S. The summed E-state index contributed by atoms with van der Waals surface area (Å²) in [6.07, 6.45) is 1.92. The van der Waals surface area contributed by atoms with Crippen LogP contribution in [0, 0.1) is 22.7 Å². The van der Waals surface area contributed by atoms with Crippen LogP contribution in [0.4, 0.5) is 5.82 Å². The lowest BCUT2D eigenvalue weighted by molar-refractivity contribution is -0.123. The maximum absolute atomic E-state index is 12.4. The molecule has 11 heteroatoms. The molecule has 6 N–H and O–H groups in total. The molecule has 1 aromatic carbocycles. The van der Waals surface area contributed by atoms with Crippen LogP contribution in [-0.2, 0) is 9.59 Å². The van der Waals surface area contributed by atoms with Crippen LogP contribution in [0.2, 0.25) is 0 Å². The van der Waals surface area contributed by atoms with Crippen LogP contribution in [0.3, 0.4) is 0 Å². The zero-order chi connectivity index (χ0) is 25.8. The molecule has 4 rings (SSSR count). The van der Waals surface area contributed by atoms with Crippen molar-refractivity contribution in [1.29, 1.82) is 10.5 Å². The Kier molecular flexibility index (Phi) is 7.75. The monoisotopic (exact) mass is 505 g/mol. The Morgan fingerprint density at radius 3 is 2.42 bits per heavy atom. The fraction of sp³-hybridized carbons (Fsp3) is 0.400. The summed E-state index contributed by atoms with van der Waals surface area (Å²) >= 11 is 1.11. The summed E-state index contributed by atoms with van der Waals surface area (Å²) in [5.74, 6) is -0.375. The van der Waals surface area contributed by atoms with E-state index in [1.165, 1.54) is 0 Å². The smallest absolute Gasteiger partial charge is 0.237 e. The number of aromatic nitrogens is 1. The Bertz CT molecular complexity index is 1230. The summed E-state index contributed by atoms with van der Waals surface area (Å²) in [6.45, 7) is 0.653. The van der Waals surface area contributed by atoms with E-state index in [0.29, 0.717) is 46.2 Å². The fourth-order valence-electron chi connectivity index (χ4n) is 4.23. The highest BCUT2D eigenvalue weighted by atomic mass is 32.2. The number of hydrogen-bond donors (Lipinski definition) is 4. The number of primary amides is 1. The van der Waals surface area contributed by atoms with Crippen LogP contribution >= 0.6 is 11.8 Å². The predicted molar refractivity (Wildman–Crippen MR) is 134 cm³/mol. The molecule has 2 fully saturated rings. The number of hydrogen-bond acceptors (Lipinski definition) is 9. The molecule has 10 nitrogen and oxygen atoms in total. The number of nitriles is 2. The summed E-state index contributed by atoms with van der Waals surface area (Å²) in [4.78, 5) is 31.1. The van der Waals surface area contributed by atoms with Crippen LogP contribution in [0.1, 0.15) is 52.7 Å². The molecule has 2 heterocycles. The Hall–Kier alpha value is -3.64. The number of aliphatic hydroxyl groups excluding tert-OH is 1. The number of carbonyl (C=O) groups excluding carboxylic acids is 2. The minimum atomic E-state index is -0.792. The van der Waals surface area contributed by atoms with Gasteiger partial charge in [0.1, 0.15) is 28.2 Å². The van der Waals surface area contributed by atoms with Gasteiger partial charge in [-0.05, 0) is 36.3 Å². The predicted octanol–water partition coefficient (Wildman–Crippen LogP) is 1.04. The van der Waals surface area contributed by atoms with Crippen molar-refractivity contribution in [1.82, 2.24) is 10.3 Å². The maximum atomic E-state index is 12.4. The van der Waals surface area contributed by atoms with Crippen molar-refractivity contribution in [2.24, 2.45) is 11.5 Å². The summed E-state index contributed by atoms with van der Waals surface area (Å²) < 4.78 is 0. The molecule has 0 bridgehead atoms. The van der Waals surface area contributed by atoms with Gasteiger partial charge in [-0.3, -0.25) is 9.59 Å². The zero-order valence-electron chi connectivity index (χ0n) is 19.6. The van der Waals surface area contributed by atoms with Gasteiger partial charge in [-0.15, -0.1) is 0 Å². The third-order valence-corrected chi connectivity index (χ3v) is 7.55. The Morgan fingerprint density at radius 1 is 1.19 bits per heavy atom. The molecule has 36 heavy (non-hydrogen) atoms. The maximum Gasteiger partial charge on any atom is 0.237 e.